The van der Waals surface area contributed by atoms with Crippen LogP contribution < -0.4 is 20.9 Å². The van der Waals surface area contributed by atoms with Gasteiger partial charge in [0.2, 0.25) is 0 Å². The maximum Gasteiger partial charge on any atom is 0.320 e. The van der Waals surface area contributed by atoms with E-state index < -0.39 is 29.6 Å². The quantitative estimate of drug-likeness (QED) is 0.108. The Balaban J connectivity index is 2.24. The number of halogens is 5. The van der Waals surface area contributed by atoms with Gasteiger partial charge in [-0.2, -0.15) is 0 Å². The summed E-state index contributed by atoms with van der Waals surface area (Å²) in [5, 5.41) is 0.892. The Morgan fingerprint density at radius 1 is 0.810 bits per heavy atom. The summed E-state index contributed by atoms with van der Waals surface area (Å²) in [5.74, 6) is 1.46. The van der Waals surface area contributed by atoms with Crippen LogP contribution in [0.1, 0.15) is 25.0 Å². The molecule has 0 aliphatic carbocycles. The molecule has 14 heteroatoms. The molecule has 2 rings (SSSR count). The number of esters is 2. The van der Waals surface area contributed by atoms with Gasteiger partial charge in [0.15, 0.2) is 17.6 Å². The van der Waals surface area contributed by atoms with Crippen molar-refractivity contribution in [2.24, 2.45) is 11.5 Å². The Kier molecular flexibility index (Phi) is 14.8. The number of benzene rings is 2. The van der Waals surface area contributed by atoms with Gasteiger partial charge in [0.1, 0.15) is 25.9 Å². The minimum atomic E-state index is -0.796. The number of ether oxygens (including phenoxy) is 5. The molecule has 4 N–H and O–H groups in total. The first-order valence-electron chi connectivity index (χ1n) is 12.5. The highest BCUT2D eigenvalue weighted by molar-refractivity contribution is 6.38. The molecule has 9 nitrogen and oxygen atoms in total. The average Bonchev–Trinajstić information content (AvgIpc) is 2.94. The lowest BCUT2D eigenvalue weighted by molar-refractivity contribution is -0.152. The summed E-state index contributed by atoms with van der Waals surface area (Å²) in [5.41, 5.74) is 11.4. The molecule has 0 spiro atoms. The number of hydrogen-bond donors (Lipinski definition) is 2. The van der Waals surface area contributed by atoms with E-state index in [4.69, 9.17) is 99.6 Å². The van der Waals surface area contributed by atoms with Gasteiger partial charge in [-0.1, -0.05) is 66.2 Å². The van der Waals surface area contributed by atoms with Crippen molar-refractivity contribution in [1.29, 1.82) is 0 Å². The zero-order valence-corrected chi connectivity index (χ0v) is 26.7. The number of terminal acetylenes is 1. The summed E-state index contributed by atoms with van der Waals surface area (Å²) >= 11 is 32.1. The van der Waals surface area contributed by atoms with Crippen LogP contribution in [0.3, 0.4) is 0 Å². The van der Waals surface area contributed by atoms with E-state index in [1.165, 1.54) is 0 Å². The molecule has 0 saturated heterocycles. The molecular formula is C28H31Cl5N2O7. The Morgan fingerprint density at radius 2 is 1.21 bits per heavy atom. The lowest BCUT2D eigenvalue weighted by atomic mass is 9.78. The fourth-order valence-electron chi connectivity index (χ4n) is 3.58. The zero-order valence-electron chi connectivity index (χ0n) is 22.9. The lowest BCUT2D eigenvalue weighted by Gasteiger charge is -2.28. The lowest BCUT2D eigenvalue weighted by Crippen LogP contribution is -2.32. The molecule has 42 heavy (non-hydrogen) atoms. The third-order valence-electron chi connectivity index (χ3n) is 5.86. The van der Waals surface area contributed by atoms with Gasteiger partial charge in [0.05, 0.1) is 45.7 Å². The third-order valence-corrected chi connectivity index (χ3v) is 7.33. The van der Waals surface area contributed by atoms with Crippen molar-refractivity contribution in [1.82, 2.24) is 0 Å². The van der Waals surface area contributed by atoms with Crippen LogP contribution in [0.2, 0.25) is 20.1 Å². The van der Waals surface area contributed by atoms with Crippen molar-refractivity contribution in [2.75, 3.05) is 45.4 Å². The van der Waals surface area contributed by atoms with Gasteiger partial charge in [-0.05, 0) is 35.4 Å². The Hall–Kier alpha value is -2.13. The molecule has 0 aromatic heterocycles. The van der Waals surface area contributed by atoms with Crippen LogP contribution in [-0.4, -0.2) is 69.5 Å². The minimum Gasteiger partial charge on any atom is -0.487 e. The highest BCUT2D eigenvalue weighted by Crippen LogP contribution is 2.44. The fraction of sp³-hybridized carbons (Fsp3) is 0.429. The molecule has 0 fully saturated rings. The standard InChI is InChI=1S/C28H31Cl5N2O7/c1-4-5-38-13-19(42-25(37)12-35)15-40-27-22(32)8-17(9-23(27)33)28(2,3)16-6-20(30)26(21(31)7-16)39-14-18(10-29)41-24(36)11-34/h1,6-9,18-19H,5,10-15,34-35H2,2-3H3/t18-,19-/m1/s1. The molecule has 0 radical (unpaired) electrons. The van der Waals surface area contributed by atoms with Gasteiger partial charge in [0.25, 0.3) is 0 Å². The van der Waals surface area contributed by atoms with Crippen molar-refractivity contribution in [3.05, 3.63) is 55.5 Å². The van der Waals surface area contributed by atoms with Gasteiger partial charge in [0, 0.05) is 5.41 Å². The molecule has 2 atom stereocenters. The molecule has 0 heterocycles. The fourth-order valence-corrected chi connectivity index (χ4v) is 4.92. The second-order valence-corrected chi connectivity index (χ2v) is 11.2. The van der Waals surface area contributed by atoms with Gasteiger partial charge in [-0.15, -0.1) is 18.0 Å². The molecule has 230 valence electrons. The van der Waals surface area contributed by atoms with Crippen molar-refractivity contribution < 1.29 is 33.3 Å². The summed E-state index contributed by atoms with van der Waals surface area (Å²) in [6.07, 6.45) is 3.66. The monoisotopic (exact) mass is 682 g/mol. The number of hydrogen-bond acceptors (Lipinski definition) is 9. The molecular weight excluding hydrogens is 654 g/mol. The first-order chi connectivity index (χ1) is 19.9. The number of nitrogens with two attached hydrogens (primary N) is 2. The zero-order chi connectivity index (χ0) is 31.4. The van der Waals surface area contributed by atoms with Gasteiger partial charge >= 0.3 is 11.9 Å². The van der Waals surface area contributed by atoms with Gasteiger partial charge < -0.3 is 35.2 Å². The predicted octanol–water partition coefficient (Wildman–Crippen LogP) is 5.01. The predicted molar refractivity (Wildman–Crippen MR) is 164 cm³/mol. The minimum absolute atomic E-state index is 0.00757. The van der Waals surface area contributed by atoms with Crippen molar-refractivity contribution in [3.63, 3.8) is 0 Å². The molecule has 0 unspecified atom stereocenters. The first kappa shape index (κ1) is 36.1. The van der Waals surface area contributed by atoms with E-state index in [2.05, 4.69) is 5.92 Å². The second kappa shape index (κ2) is 17.2. The molecule has 2 aromatic rings. The highest BCUT2D eigenvalue weighted by Gasteiger charge is 2.28. The van der Waals surface area contributed by atoms with E-state index in [9.17, 15) is 9.59 Å². The molecule has 0 saturated carbocycles. The van der Waals surface area contributed by atoms with Gasteiger partial charge in [-0.25, -0.2) is 0 Å². The van der Waals surface area contributed by atoms with E-state index in [0.29, 0.717) is 0 Å². The van der Waals surface area contributed by atoms with E-state index in [0.717, 1.165) is 11.1 Å². The average molecular weight is 685 g/mol. The normalized spacial score (nSPS) is 12.7. The first-order valence-corrected chi connectivity index (χ1v) is 14.5. The highest BCUT2D eigenvalue weighted by atomic mass is 35.5. The van der Waals surface area contributed by atoms with Crippen molar-refractivity contribution in [3.8, 4) is 23.8 Å². The molecule has 0 bridgehead atoms. The number of carbonyl (C=O) groups excluding carboxylic acids is 2. The summed E-state index contributed by atoms with van der Waals surface area (Å²) < 4.78 is 27.1. The van der Waals surface area contributed by atoms with Crippen LogP contribution >= 0.6 is 58.0 Å². The van der Waals surface area contributed by atoms with E-state index >= 15 is 0 Å². The summed E-state index contributed by atoms with van der Waals surface area (Å²) in [6, 6.07) is 6.79. The van der Waals surface area contributed by atoms with Crippen LogP contribution in [0.15, 0.2) is 24.3 Å². The second-order valence-electron chi connectivity index (χ2n) is 9.29. The van der Waals surface area contributed by atoms with E-state index in [-0.39, 0.29) is 77.0 Å². The third kappa shape index (κ3) is 10.2. The van der Waals surface area contributed by atoms with Crippen LogP contribution in [0.4, 0.5) is 0 Å². The molecule has 0 amide bonds. The summed E-state index contributed by atoms with van der Waals surface area (Å²) in [6.45, 7) is 3.10. The van der Waals surface area contributed by atoms with E-state index in [1.807, 2.05) is 13.8 Å². The topological polar surface area (TPSA) is 132 Å². The largest absolute Gasteiger partial charge is 0.487 e. The number of carbonyl (C=O) groups is 2. The Bertz CT molecular complexity index is 1240. The molecule has 0 aliphatic rings. The van der Waals surface area contributed by atoms with Crippen molar-refractivity contribution >= 4 is 69.9 Å². The van der Waals surface area contributed by atoms with Crippen LogP contribution in [-0.2, 0) is 29.2 Å². The van der Waals surface area contributed by atoms with Crippen LogP contribution in [0.5, 0.6) is 11.5 Å². The summed E-state index contributed by atoms with van der Waals surface area (Å²) in [4.78, 5) is 23.2. The molecule has 2 aromatic carbocycles. The summed E-state index contributed by atoms with van der Waals surface area (Å²) in [7, 11) is 0. The van der Waals surface area contributed by atoms with Crippen LogP contribution in [0.25, 0.3) is 0 Å². The Labute approximate surface area is 269 Å². The van der Waals surface area contributed by atoms with Gasteiger partial charge in [-0.3, -0.25) is 9.59 Å². The van der Waals surface area contributed by atoms with Crippen molar-refractivity contribution in [2.45, 2.75) is 31.5 Å². The smallest absolute Gasteiger partial charge is 0.320 e. The number of alkyl halides is 1. The Morgan fingerprint density at radius 3 is 1.60 bits per heavy atom. The molecule has 0 aliphatic heterocycles. The number of rotatable bonds is 16. The SMILES string of the molecule is C#CCOC[C@H](COc1c(Cl)cc(C(C)(C)c2cc(Cl)c(OC[C@@H](CCl)OC(=O)CN)c(Cl)c2)cc1Cl)OC(=O)CN. The maximum atomic E-state index is 11.7. The van der Waals surface area contributed by atoms with E-state index in [1.54, 1.807) is 24.3 Å². The van der Waals surface area contributed by atoms with Crippen LogP contribution in [0, 0.1) is 12.3 Å². The maximum absolute atomic E-state index is 11.7.